The SMILES string of the molecule is CCOc1cc(C2NC(=S)NC(C)=C2C(=O)NCc2ccccc2)c(Cl)cc1O. The van der Waals surface area contributed by atoms with Gasteiger partial charge in [0.25, 0.3) is 5.91 Å². The maximum Gasteiger partial charge on any atom is 0.251 e. The number of phenolic OH excluding ortho intramolecular Hbond substituents is 1. The van der Waals surface area contributed by atoms with E-state index < -0.39 is 6.04 Å². The molecule has 8 heteroatoms. The molecule has 3 rings (SSSR count). The monoisotopic (exact) mass is 431 g/mol. The van der Waals surface area contributed by atoms with Crippen LogP contribution in [-0.4, -0.2) is 22.7 Å². The molecule has 0 spiro atoms. The van der Waals surface area contributed by atoms with Gasteiger partial charge in [0.05, 0.1) is 23.2 Å². The highest BCUT2D eigenvalue weighted by molar-refractivity contribution is 7.80. The van der Waals surface area contributed by atoms with Crippen LogP contribution in [-0.2, 0) is 11.3 Å². The summed E-state index contributed by atoms with van der Waals surface area (Å²) < 4.78 is 5.48. The Morgan fingerprint density at radius 3 is 2.72 bits per heavy atom. The molecule has 152 valence electrons. The number of carbonyl (C=O) groups excluding carboxylic acids is 1. The first kappa shape index (κ1) is 21.0. The van der Waals surface area contributed by atoms with Crippen molar-refractivity contribution in [1.29, 1.82) is 0 Å². The zero-order valence-corrected chi connectivity index (χ0v) is 17.7. The number of nitrogens with one attached hydrogen (secondary N) is 3. The minimum absolute atomic E-state index is 0.0621. The lowest BCUT2D eigenvalue weighted by Gasteiger charge is -2.31. The highest BCUT2D eigenvalue weighted by Gasteiger charge is 2.32. The lowest BCUT2D eigenvalue weighted by molar-refractivity contribution is -0.118. The Kier molecular flexibility index (Phi) is 6.61. The van der Waals surface area contributed by atoms with Crippen LogP contribution in [0, 0.1) is 0 Å². The molecule has 0 aromatic heterocycles. The number of aromatic hydroxyl groups is 1. The van der Waals surface area contributed by atoms with Gasteiger partial charge in [-0.25, -0.2) is 0 Å². The Morgan fingerprint density at radius 2 is 2.03 bits per heavy atom. The van der Waals surface area contributed by atoms with Crippen LogP contribution in [0.25, 0.3) is 0 Å². The number of benzene rings is 2. The average Bonchev–Trinajstić information content (AvgIpc) is 2.68. The van der Waals surface area contributed by atoms with Crippen LogP contribution in [0.2, 0.25) is 5.02 Å². The average molecular weight is 432 g/mol. The first-order chi connectivity index (χ1) is 13.9. The van der Waals surface area contributed by atoms with Gasteiger partial charge in [0.15, 0.2) is 16.6 Å². The summed E-state index contributed by atoms with van der Waals surface area (Å²) in [5.41, 5.74) is 2.67. The van der Waals surface area contributed by atoms with Crippen LogP contribution in [0.5, 0.6) is 11.5 Å². The molecule has 0 bridgehead atoms. The van der Waals surface area contributed by atoms with Gasteiger partial charge in [-0.1, -0.05) is 41.9 Å². The molecule has 29 heavy (non-hydrogen) atoms. The van der Waals surface area contributed by atoms with Gasteiger partial charge in [-0.2, -0.15) is 0 Å². The summed E-state index contributed by atoms with van der Waals surface area (Å²) in [5.74, 6) is -0.0197. The van der Waals surface area contributed by atoms with Gasteiger partial charge in [0, 0.05) is 23.9 Å². The van der Waals surface area contributed by atoms with Crippen LogP contribution in [0.3, 0.4) is 0 Å². The van der Waals surface area contributed by atoms with Crippen molar-refractivity contribution < 1.29 is 14.6 Å². The molecule has 0 aliphatic carbocycles. The second-order valence-electron chi connectivity index (χ2n) is 6.51. The standard InChI is InChI=1S/C21H22ClN3O3S/c1-3-28-17-9-14(15(22)10-16(17)26)19-18(12(2)24-21(29)25-19)20(27)23-11-13-7-5-4-6-8-13/h4-10,19,26H,3,11H2,1-2H3,(H,23,27)(H2,24,25,29). The number of halogens is 1. The van der Waals surface area contributed by atoms with Crippen molar-refractivity contribution in [2.24, 2.45) is 0 Å². The van der Waals surface area contributed by atoms with E-state index in [0.717, 1.165) is 5.56 Å². The lowest BCUT2D eigenvalue weighted by Crippen LogP contribution is -2.46. The van der Waals surface area contributed by atoms with Gasteiger partial charge < -0.3 is 25.8 Å². The Balaban J connectivity index is 1.94. The number of phenols is 1. The summed E-state index contributed by atoms with van der Waals surface area (Å²) in [6.07, 6.45) is 0. The molecular weight excluding hydrogens is 410 g/mol. The number of rotatable bonds is 6. The van der Waals surface area contributed by atoms with E-state index in [9.17, 15) is 9.90 Å². The first-order valence-electron chi connectivity index (χ1n) is 9.16. The highest BCUT2D eigenvalue weighted by atomic mass is 35.5. The van der Waals surface area contributed by atoms with Crippen molar-refractivity contribution in [3.8, 4) is 11.5 Å². The fourth-order valence-corrected chi connectivity index (χ4v) is 3.69. The van der Waals surface area contributed by atoms with Gasteiger partial charge in [0.1, 0.15) is 0 Å². The Labute approximate surface area is 179 Å². The summed E-state index contributed by atoms with van der Waals surface area (Å²) in [4.78, 5) is 13.0. The normalized spacial score (nSPS) is 16.1. The van der Waals surface area contributed by atoms with Gasteiger partial charge in [0.2, 0.25) is 0 Å². The van der Waals surface area contributed by atoms with E-state index in [-0.39, 0.29) is 11.7 Å². The first-order valence-corrected chi connectivity index (χ1v) is 9.95. The van der Waals surface area contributed by atoms with Gasteiger partial charge >= 0.3 is 0 Å². The van der Waals surface area contributed by atoms with Crippen molar-refractivity contribution in [2.45, 2.75) is 26.4 Å². The number of hydrogen-bond donors (Lipinski definition) is 4. The molecule has 2 aromatic rings. The van der Waals surface area contributed by atoms with Crippen LogP contribution in [0.4, 0.5) is 0 Å². The van der Waals surface area contributed by atoms with Crippen molar-refractivity contribution in [3.05, 3.63) is 69.9 Å². The summed E-state index contributed by atoms with van der Waals surface area (Å²) in [5, 5.41) is 19.8. The molecule has 0 saturated heterocycles. The minimum Gasteiger partial charge on any atom is -0.504 e. The van der Waals surface area contributed by atoms with E-state index in [4.69, 9.17) is 28.6 Å². The zero-order chi connectivity index (χ0) is 21.0. The molecule has 6 nitrogen and oxygen atoms in total. The molecule has 4 N–H and O–H groups in total. The lowest BCUT2D eigenvalue weighted by atomic mass is 9.94. The minimum atomic E-state index is -0.591. The van der Waals surface area contributed by atoms with Crippen molar-refractivity contribution in [2.75, 3.05) is 6.61 Å². The number of allylic oxidation sites excluding steroid dienone is 1. The van der Waals surface area contributed by atoms with E-state index in [1.807, 2.05) is 37.3 Å². The fraction of sp³-hybridized carbons (Fsp3) is 0.238. The largest absolute Gasteiger partial charge is 0.504 e. The third kappa shape index (κ3) is 4.81. The smallest absolute Gasteiger partial charge is 0.251 e. The second kappa shape index (κ2) is 9.15. The molecule has 0 saturated carbocycles. The molecule has 2 aromatic carbocycles. The van der Waals surface area contributed by atoms with Crippen molar-refractivity contribution in [1.82, 2.24) is 16.0 Å². The molecule has 1 amide bonds. The predicted octanol–water partition coefficient (Wildman–Crippen LogP) is 3.55. The molecule has 1 aliphatic heterocycles. The second-order valence-corrected chi connectivity index (χ2v) is 7.33. The van der Waals surface area contributed by atoms with E-state index in [1.165, 1.54) is 6.07 Å². The molecule has 1 aliphatic rings. The van der Waals surface area contributed by atoms with Crippen LogP contribution in [0.1, 0.15) is 31.0 Å². The summed E-state index contributed by atoms with van der Waals surface area (Å²) in [7, 11) is 0. The Hall–Kier alpha value is -2.77. The predicted molar refractivity (Wildman–Crippen MR) is 117 cm³/mol. The molecular formula is C21H22ClN3O3S. The molecule has 0 radical (unpaired) electrons. The summed E-state index contributed by atoms with van der Waals surface area (Å²) in [6.45, 7) is 4.38. The van der Waals surface area contributed by atoms with E-state index in [1.54, 1.807) is 13.0 Å². The molecule has 0 fully saturated rings. The number of carbonyl (C=O) groups is 1. The quantitative estimate of drug-likeness (QED) is 0.523. The third-order valence-electron chi connectivity index (χ3n) is 4.50. The number of amides is 1. The Morgan fingerprint density at radius 1 is 1.31 bits per heavy atom. The maximum absolute atomic E-state index is 13.0. The van der Waals surface area contributed by atoms with E-state index >= 15 is 0 Å². The number of thiocarbonyl (C=S) groups is 1. The van der Waals surface area contributed by atoms with Gasteiger partial charge in [-0.3, -0.25) is 4.79 Å². The van der Waals surface area contributed by atoms with Gasteiger partial charge in [-0.15, -0.1) is 0 Å². The third-order valence-corrected chi connectivity index (χ3v) is 5.05. The Bertz CT molecular complexity index is 963. The van der Waals surface area contributed by atoms with Crippen molar-refractivity contribution in [3.63, 3.8) is 0 Å². The van der Waals surface area contributed by atoms with Crippen LogP contribution in [0.15, 0.2) is 53.7 Å². The number of hydrogen-bond acceptors (Lipinski definition) is 4. The topological polar surface area (TPSA) is 82.6 Å². The fourth-order valence-electron chi connectivity index (χ4n) is 3.15. The molecule has 1 atom stereocenters. The van der Waals surface area contributed by atoms with E-state index in [0.29, 0.717) is 45.9 Å². The highest BCUT2D eigenvalue weighted by Crippen LogP contribution is 2.38. The van der Waals surface area contributed by atoms with Gasteiger partial charge in [-0.05, 0) is 37.7 Å². The van der Waals surface area contributed by atoms with Crippen LogP contribution < -0.4 is 20.7 Å². The maximum atomic E-state index is 13.0. The van der Waals surface area contributed by atoms with Crippen LogP contribution >= 0.6 is 23.8 Å². The molecule has 1 heterocycles. The number of ether oxygens (including phenoxy) is 1. The van der Waals surface area contributed by atoms with E-state index in [2.05, 4.69) is 16.0 Å². The summed E-state index contributed by atoms with van der Waals surface area (Å²) >= 11 is 11.7. The summed E-state index contributed by atoms with van der Waals surface area (Å²) in [6, 6.07) is 12.1. The zero-order valence-electron chi connectivity index (χ0n) is 16.1. The van der Waals surface area contributed by atoms with Crippen molar-refractivity contribution >= 4 is 34.8 Å². The molecule has 1 unspecified atom stereocenters.